The van der Waals surface area contributed by atoms with E-state index < -0.39 is 19.7 Å². The molecule has 3 aromatic rings. The van der Waals surface area contributed by atoms with Crippen LogP contribution in [0, 0.1) is 5.92 Å². The standard InChI is InChI=1S/C39H47ClN3O6P3/c1-26(29-16-19-35(34(22-29)38(41)44)47-24-27-10-4-3-5-11-27)42-39(45)28-14-17-31(18-15-28)49-52(46,43(2)21-9-8-20-40)48-25-30-23-36(50)32-12-6-7-13-33(32)37(30)51/h6-7,12-19,22-23,26-27,50-51H,3-5,8-11,20-21,24-25H2,1-2H3,(H2,41,44)(H,42,45). The number of rotatable bonds is 17. The number of alkyl halides is 1. The average Bonchev–Trinajstić information content (AvgIpc) is 3.15. The molecule has 1 fully saturated rings. The van der Waals surface area contributed by atoms with E-state index in [4.69, 9.17) is 31.1 Å². The maximum atomic E-state index is 14.4. The Labute approximate surface area is 316 Å². The number of carbonyl (C=O) groups is 2. The molecule has 0 radical (unpaired) electrons. The second-order valence-electron chi connectivity index (χ2n) is 13.3. The fourth-order valence-corrected chi connectivity index (χ4v) is 8.72. The van der Waals surface area contributed by atoms with Crippen LogP contribution in [0.1, 0.15) is 95.3 Å². The summed E-state index contributed by atoms with van der Waals surface area (Å²) in [7, 11) is 5.30. The van der Waals surface area contributed by atoms with Crippen molar-refractivity contribution in [2.24, 2.45) is 11.7 Å². The molecule has 0 aliphatic heterocycles. The number of unbranched alkanes of at least 4 members (excludes halogenated alkanes) is 1. The molecule has 1 saturated carbocycles. The molecule has 2 atom stereocenters. The fraction of sp³-hybridized carbons (Fsp3) is 0.385. The number of benzene rings is 3. The molecule has 0 spiro atoms. The minimum absolute atomic E-state index is 0.0156. The number of ether oxygens (including phenoxy) is 1. The van der Waals surface area contributed by atoms with Gasteiger partial charge in [0.2, 0.25) is 0 Å². The van der Waals surface area contributed by atoms with E-state index in [2.05, 4.69) is 23.0 Å². The quantitative estimate of drug-likeness (QED) is 0.0800. The van der Waals surface area contributed by atoms with Crippen LogP contribution in [0.25, 0.3) is 0 Å². The van der Waals surface area contributed by atoms with Gasteiger partial charge in [0.15, 0.2) is 0 Å². The molecule has 52 heavy (non-hydrogen) atoms. The highest BCUT2D eigenvalue weighted by Crippen LogP contribution is 2.51. The van der Waals surface area contributed by atoms with Gasteiger partial charge in [-0.05, 0) is 110 Å². The van der Waals surface area contributed by atoms with Gasteiger partial charge in [0.25, 0.3) is 11.8 Å². The van der Waals surface area contributed by atoms with Gasteiger partial charge in [-0.1, -0.05) is 49.6 Å². The number of fused-ring (bicyclic) bond motifs is 1. The zero-order valence-corrected chi connectivity index (χ0v) is 33.3. The molecular formula is C39H47ClN3O6P3. The lowest BCUT2D eigenvalue weighted by molar-refractivity contribution is 0.0939. The van der Waals surface area contributed by atoms with Crippen LogP contribution < -0.4 is 20.3 Å². The van der Waals surface area contributed by atoms with Crippen molar-refractivity contribution in [2.75, 3.05) is 32.7 Å². The molecule has 0 bridgehead atoms. The number of nitrogens with two attached hydrogens (primary N) is 1. The van der Waals surface area contributed by atoms with Crippen LogP contribution in [0.15, 0.2) is 78.4 Å². The van der Waals surface area contributed by atoms with Gasteiger partial charge in [0, 0.05) is 28.6 Å². The zero-order chi connectivity index (χ0) is 37.3. The van der Waals surface area contributed by atoms with Gasteiger partial charge in [-0.15, -0.1) is 29.3 Å². The summed E-state index contributed by atoms with van der Waals surface area (Å²) in [5, 5.41) is 4.70. The van der Waals surface area contributed by atoms with Crippen molar-refractivity contribution in [3.8, 4) is 11.5 Å². The molecule has 5 rings (SSSR count). The molecule has 2 aliphatic carbocycles. The summed E-state index contributed by atoms with van der Waals surface area (Å²) in [4.78, 5) is 25.6. The van der Waals surface area contributed by atoms with E-state index in [1.165, 1.54) is 19.3 Å². The number of hydrogen-bond donors (Lipinski definition) is 2. The maximum absolute atomic E-state index is 14.4. The van der Waals surface area contributed by atoms with Gasteiger partial charge in [0.1, 0.15) is 11.5 Å². The molecule has 2 amide bonds. The summed E-state index contributed by atoms with van der Waals surface area (Å²) in [6, 6.07) is 19.1. The van der Waals surface area contributed by atoms with Gasteiger partial charge >= 0.3 is 7.75 Å². The Balaban J connectivity index is 1.24. The third-order valence-electron chi connectivity index (χ3n) is 9.45. The first-order valence-corrected chi connectivity index (χ1v) is 20.7. The van der Waals surface area contributed by atoms with E-state index in [1.54, 1.807) is 48.1 Å². The summed E-state index contributed by atoms with van der Waals surface area (Å²) in [6.07, 6.45) is 9.30. The average molecular weight is 782 g/mol. The van der Waals surface area contributed by atoms with Crippen LogP contribution in [0.4, 0.5) is 0 Å². The molecule has 3 aromatic carbocycles. The van der Waals surface area contributed by atoms with Crippen molar-refractivity contribution in [3.05, 3.63) is 106 Å². The van der Waals surface area contributed by atoms with Gasteiger partial charge in [0.05, 0.1) is 24.8 Å². The molecule has 3 N–H and O–H groups in total. The van der Waals surface area contributed by atoms with Crippen LogP contribution in [0.3, 0.4) is 0 Å². The van der Waals surface area contributed by atoms with Crippen LogP contribution in [0.5, 0.6) is 11.5 Å². The molecular weight excluding hydrogens is 735 g/mol. The number of amides is 2. The molecule has 13 heteroatoms. The fourth-order valence-electron chi connectivity index (χ4n) is 6.31. The van der Waals surface area contributed by atoms with Crippen LogP contribution in [0.2, 0.25) is 0 Å². The van der Waals surface area contributed by atoms with Crippen molar-refractivity contribution in [3.63, 3.8) is 0 Å². The lowest BCUT2D eigenvalue weighted by Crippen LogP contribution is -2.27. The Hall–Kier alpha value is -3.28. The second-order valence-corrected chi connectivity index (χ2v) is 16.7. The van der Waals surface area contributed by atoms with E-state index in [1.807, 2.05) is 43.3 Å². The van der Waals surface area contributed by atoms with E-state index in [0.29, 0.717) is 48.2 Å². The highest BCUT2D eigenvalue weighted by molar-refractivity contribution is 7.51. The Bertz CT molecular complexity index is 1860. The van der Waals surface area contributed by atoms with Crippen molar-refractivity contribution < 1.29 is 27.9 Å². The van der Waals surface area contributed by atoms with E-state index >= 15 is 0 Å². The van der Waals surface area contributed by atoms with Crippen LogP contribution in [-0.4, -0.2) is 59.8 Å². The monoisotopic (exact) mass is 781 g/mol. The number of halogens is 1. The minimum Gasteiger partial charge on any atom is -0.492 e. The predicted octanol–water partition coefficient (Wildman–Crippen LogP) is 8.66. The van der Waals surface area contributed by atoms with Gasteiger partial charge < -0.3 is 20.3 Å². The highest BCUT2D eigenvalue weighted by atomic mass is 35.5. The first kappa shape index (κ1) is 39.9. The van der Waals surface area contributed by atoms with Gasteiger partial charge in [-0.3, -0.25) is 14.1 Å². The molecule has 0 aromatic heterocycles. The summed E-state index contributed by atoms with van der Waals surface area (Å²) in [6.45, 7) is 2.84. The summed E-state index contributed by atoms with van der Waals surface area (Å²) in [5.74, 6) is 0.793. The number of carbonyl (C=O) groups excluding carboxylic acids is 2. The molecule has 0 saturated heterocycles. The summed E-state index contributed by atoms with van der Waals surface area (Å²) < 4.78 is 34.1. The largest absolute Gasteiger partial charge is 0.492 e. The smallest absolute Gasteiger partial charge is 0.461 e. The first-order valence-electron chi connectivity index (χ1n) is 17.7. The number of hydrogen-bond acceptors (Lipinski definition) is 6. The lowest BCUT2D eigenvalue weighted by Gasteiger charge is -2.28. The van der Waals surface area contributed by atoms with Crippen molar-refractivity contribution in [1.82, 2.24) is 9.99 Å². The van der Waals surface area contributed by atoms with E-state index in [9.17, 15) is 14.2 Å². The van der Waals surface area contributed by atoms with Crippen molar-refractivity contribution in [1.29, 1.82) is 0 Å². The first-order chi connectivity index (χ1) is 25.0. The predicted molar refractivity (Wildman–Crippen MR) is 215 cm³/mol. The highest BCUT2D eigenvalue weighted by Gasteiger charge is 2.34. The summed E-state index contributed by atoms with van der Waals surface area (Å²) in [5.41, 5.74) is 9.91. The maximum Gasteiger partial charge on any atom is 0.461 e. The number of nitrogens with zero attached hydrogens (tertiary/aromatic N) is 1. The summed E-state index contributed by atoms with van der Waals surface area (Å²) >= 11 is 5.90. The normalized spacial score (nSPS) is 16.4. The minimum atomic E-state index is -3.86. The third-order valence-corrected chi connectivity index (χ3v) is 12.7. The number of primary amides is 1. The molecule has 0 heterocycles. The Morgan fingerprint density at radius 1 is 1.02 bits per heavy atom. The van der Waals surface area contributed by atoms with Crippen molar-refractivity contribution >= 4 is 59.5 Å². The lowest BCUT2D eigenvalue weighted by atomic mass is 9.90. The second kappa shape index (κ2) is 18.7. The van der Waals surface area contributed by atoms with Gasteiger partial charge in [-0.2, -0.15) is 0 Å². The van der Waals surface area contributed by atoms with E-state index in [0.717, 1.165) is 46.5 Å². The van der Waals surface area contributed by atoms with Crippen LogP contribution in [-0.2, 0) is 9.09 Å². The SMILES string of the molecule is CC(NC(=O)c1ccc(OP(=O)(OCC2=CC(=P)c3ccccc3C2=P)N(C)CCCCCl)cc1)c1ccc(OCC2CCCCC2)c(C(N)=O)c1. The Kier molecular flexibility index (Phi) is 14.3. The number of allylic oxidation sites excluding steroid dienone is 1. The molecule has 2 unspecified atom stereocenters. The Morgan fingerprint density at radius 2 is 1.73 bits per heavy atom. The van der Waals surface area contributed by atoms with E-state index in [-0.39, 0.29) is 23.8 Å². The number of nitrogens with one attached hydrogen (secondary N) is 1. The third kappa shape index (κ3) is 10.2. The van der Waals surface area contributed by atoms with Crippen LogP contribution >= 0.6 is 37.1 Å². The zero-order valence-electron chi connectivity index (χ0n) is 29.7. The van der Waals surface area contributed by atoms with Gasteiger partial charge in [-0.25, -0.2) is 9.24 Å². The Morgan fingerprint density at radius 3 is 2.42 bits per heavy atom. The molecule has 2 aliphatic rings. The molecule has 9 nitrogen and oxygen atoms in total. The molecule has 276 valence electrons. The topological polar surface area (TPSA) is 120 Å². The van der Waals surface area contributed by atoms with Crippen molar-refractivity contribution in [2.45, 2.75) is 57.9 Å².